The van der Waals surface area contributed by atoms with Gasteiger partial charge in [-0.2, -0.15) is 10.4 Å². The molecule has 6 nitrogen and oxygen atoms in total. The zero-order valence-corrected chi connectivity index (χ0v) is 10.2. The van der Waals surface area contributed by atoms with Crippen molar-refractivity contribution in [3.63, 3.8) is 0 Å². The number of aromatic nitrogens is 2. The summed E-state index contributed by atoms with van der Waals surface area (Å²) in [6.07, 6.45) is 2.65. The Morgan fingerprint density at radius 3 is 2.88 bits per heavy atom. The first-order chi connectivity index (χ1) is 7.90. The van der Waals surface area contributed by atoms with Crippen molar-refractivity contribution in [3.8, 4) is 6.07 Å². The average Bonchev–Trinajstić information content (AvgIpc) is 2.63. The van der Waals surface area contributed by atoms with Crippen molar-refractivity contribution in [2.45, 2.75) is 32.9 Å². The highest BCUT2D eigenvalue weighted by Crippen LogP contribution is 2.06. The fraction of sp³-hybridized carbons (Fsp3) is 0.545. The smallest absolute Gasteiger partial charge is 0.407 e. The summed E-state index contributed by atoms with van der Waals surface area (Å²) in [5.41, 5.74) is 0.00583. The van der Waals surface area contributed by atoms with Crippen molar-refractivity contribution in [2.24, 2.45) is 0 Å². The van der Waals surface area contributed by atoms with E-state index >= 15 is 0 Å². The molecule has 0 spiro atoms. The average molecular weight is 236 g/mol. The first kappa shape index (κ1) is 13.0. The number of alkyl carbamates (subject to hydrolysis) is 1. The minimum atomic E-state index is -0.496. The Hall–Kier alpha value is -2.03. The molecule has 1 rings (SSSR count). The molecule has 17 heavy (non-hydrogen) atoms. The third kappa shape index (κ3) is 5.02. The number of rotatable bonds is 3. The van der Waals surface area contributed by atoms with Gasteiger partial charge in [0.25, 0.3) is 0 Å². The number of nitrogens with one attached hydrogen (secondary N) is 1. The Morgan fingerprint density at radius 2 is 2.35 bits per heavy atom. The van der Waals surface area contributed by atoms with Crippen LogP contribution in [0.25, 0.3) is 0 Å². The van der Waals surface area contributed by atoms with Gasteiger partial charge in [-0.25, -0.2) is 4.79 Å². The first-order valence-corrected chi connectivity index (χ1v) is 5.30. The molecule has 0 aromatic carbocycles. The van der Waals surface area contributed by atoms with E-state index in [1.165, 1.54) is 6.20 Å². The van der Waals surface area contributed by atoms with E-state index in [0.29, 0.717) is 18.7 Å². The summed E-state index contributed by atoms with van der Waals surface area (Å²) in [7, 11) is 0. The summed E-state index contributed by atoms with van der Waals surface area (Å²) in [6, 6.07) is 1.98. The van der Waals surface area contributed by atoms with Gasteiger partial charge in [0.05, 0.1) is 18.3 Å². The van der Waals surface area contributed by atoms with E-state index in [-0.39, 0.29) is 0 Å². The number of nitriles is 1. The molecule has 1 amide bonds. The third-order valence-electron chi connectivity index (χ3n) is 1.77. The third-order valence-corrected chi connectivity index (χ3v) is 1.77. The molecule has 0 atom stereocenters. The van der Waals surface area contributed by atoms with Crippen LogP contribution in [-0.2, 0) is 11.3 Å². The molecule has 0 bridgehead atoms. The molecule has 0 saturated carbocycles. The molecule has 92 valence electrons. The van der Waals surface area contributed by atoms with E-state index in [0.717, 1.165) is 0 Å². The summed E-state index contributed by atoms with van der Waals surface area (Å²) in [5, 5.41) is 15.2. The molecule has 1 heterocycles. The molecular formula is C11H16N4O2. The summed E-state index contributed by atoms with van der Waals surface area (Å²) in [4.78, 5) is 11.3. The number of nitrogens with zero attached hydrogens (tertiary/aromatic N) is 3. The molecule has 0 aliphatic heterocycles. The fourth-order valence-corrected chi connectivity index (χ4v) is 1.13. The van der Waals surface area contributed by atoms with Gasteiger partial charge in [0.1, 0.15) is 11.7 Å². The monoisotopic (exact) mass is 236 g/mol. The standard InChI is InChI=1S/C11H16N4O2/c1-11(2,3)17-10(16)13-4-5-15-8-9(6-12)7-14-15/h7-8H,4-5H2,1-3H3,(H,13,16). The van der Waals surface area contributed by atoms with E-state index < -0.39 is 11.7 Å². The van der Waals surface area contributed by atoms with E-state index in [9.17, 15) is 4.79 Å². The van der Waals surface area contributed by atoms with Crippen LogP contribution >= 0.6 is 0 Å². The van der Waals surface area contributed by atoms with Gasteiger partial charge < -0.3 is 10.1 Å². The van der Waals surface area contributed by atoms with Gasteiger partial charge in [0.2, 0.25) is 0 Å². The maximum atomic E-state index is 11.3. The molecule has 0 radical (unpaired) electrons. The van der Waals surface area contributed by atoms with Crippen LogP contribution < -0.4 is 5.32 Å². The van der Waals surface area contributed by atoms with Gasteiger partial charge in [-0.3, -0.25) is 4.68 Å². The van der Waals surface area contributed by atoms with Crippen LogP contribution in [0.5, 0.6) is 0 Å². The van der Waals surface area contributed by atoms with Crippen LogP contribution in [0.3, 0.4) is 0 Å². The molecular weight excluding hydrogens is 220 g/mol. The van der Waals surface area contributed by atoms with Crippen LogP contribution in [0.4, 0.5) is 4.79 Å². The Balaban J connectivity index is 2.29. The van der Waals surface area contributed by atoms with Gasteiger partial charge in [0, 0.05) is 12.7 Å². The second kappa shape index (κ2) is 5.34. The van der Waals surface area contributed by atoms with Gasteiger partial charge in [0.15, 0.2) is 0 Å². The lowest BCUT2D eigenvalue weighted by Gasteiger charge is -2.19. The SMILES string of the molecule is CC(C)(C)OC(=O)NCCn1cc(C#N)cn1. The summed E-state index contributed by atoms with van der Waals surface area (Å²) in [5.74, 6) is 0. The summed E-state index contributed by atoms with van der Waals surface area (Å²) >= 11 is 0. The molecule has 0 aliphatic rings. The Morgan fingerprint density at radius 1 is 1.65 bits per heavy atom. The predicted molar refractivity (Wildman–Crippen MR) is 61.2 cm³/mol. The van der Waals surface area contributed by atoms with Crippen molar-refractivity contribution in [1.29, 1.82) is 5.26 Å². The quantitative estimate of drug-likeness (QED) is 0.857. The highest BCUT2D eigenvalue weighted by atomic mass is 16.6. The number of hydrogen-bond acceptors (Lipinski definition) is 4. The maximum Gasteiger partial charge on any atom is 0.407 e. The molecule has 6 heteroatoms. The fourth-order valence-electron chi connectivity index (χ4n) is 1.13. The van der Waals surface area contributed by atoms with Crippen molar-refractivity contribution in [2.75, 3.05) is 6.54 Å². The van der Waals surface area contributed by atoms with Crippen LogP contribution in [0.1, 0.15) is 26.3 Å². The predicted octanol–water partition coefficient (Wildman–Crippen LogP) is 1.28. The lowest BCUT2D eigenvalue weighted by atomic mass is 10.2. The molecule has 0 aliphatic carbocycles. The highest BCUT2D eigenvalue weighted by Gasteiger charge is 2.15. The zero-order valence-electron chi connectivity index (χ0n) is 10.2. The van der Waals surface area contributed by atoms with Crippen LogP contribution in [0.15, 0.2) is 12.4 Å². The topological polar surface area (TPSA) is 79.9 Å². The molecule has 1 aromatic rings. The zero-order chi connectivity index (χ0) is 12.9. The second-order valence-corrected chi connectivity index (χ2v) is 4.53. The minimum absolute atomic E-state index is 0.404. The first-order valence-electron chi connectivity index (χ1n) is 5.30. The number of carbonyl (C=O) groups excluding carboxylic acids is 1. The molecule has 0 unspecified atom stereocenters. The van der Waals surface area contributed by atoms with E-state index in [2.05, 4.69) is 10.4 Å². The van der Waals surface area contributed by atoms with Crippen molar-refractivity contribution in [3.05, 3.63) is 18.0 Å². The van der Waals surface area contributed by atoms with Crippen molar-refractivity contribution < 1.29 is 9.53 Å². The number of amides is 1. The van der Waals surface area contributed by atoms with E-state index in [1.54, 1.807) is 31.6 Å². The lowest BCUT2D eigenvalue weighted by Crippen LogP contribution is -2.34. The summed E-state index contributed by atoms with van der Waals surface area (Å²) in [6.45, 7) is 6.32. The highest BCUT2D eigenvalue weighted by molar-refractivity contribution is 5.67. The van der Waals surface area contributed by atoms with Gasteiger partial charge >= 0.3 is 6.09 Å². The largest absolute Gasteiger partial charge is 0.444 e. The maximum absolute atomic E-state index is 11.3. The van der Waals surface area contributed by atoms with Crippen LogP contribution in [0, 0.1) is 11.3 Å². The number of carbonyl (C=O) groups is 1. The normalized spacial score (nSPS) is 10.7. The van der Waals surface area contributed by atoms with Crippen molar-refractivity contribution >= 4 is 6.09 Å². The van der Waals surface area contributed by atoms with E-state index in [1.807, 2.05) is 6.07 Å². The Kier molecular flexibility index (Phi) is 4.10. The van der Waals surface area contributed by atoms with E-state index in [4.69, 9.17) is 10.00 Å². The van der Waals surface area contributed by atoms with Crippen LogP contribution in [-0.4, -0.2) is 28.0 Å². The Labute approximate surface area is 100 Å². The molecule has 1 aromatic heterocycles. The molecule has 1 N–H and O–H groups in total. The minimum Gasteiger partial charge on any atom is -0.444 e. The molecule has 0 saturated heterocycles. The molecule has 0 fully saturated rings. The number of hydrogen-bond donors (Lipinski definition) is 1. The lowest BCUT2D eigenvalue weighted by molar-refractivity contribution is 0.0525. The van der Waals surface area contributed by atoms with Crippen molar-refractivity contribution in [1.82, 2.24) is 15.1 Å². The summed E-state index contributed by atoms with van der Waals surface area (Å²) < 4.78 is 6.66. The Bertz CT molecular complexity index is 425. The van der Waals surface area contributed by atoms with Crippen LogP contribution in [0.2, 0.25) is 0 Å². The number of ether oxygens (including phenoxy) is 1. The second-order valence-electron chi connectivity index (χ2n) is 4.53. The van der Waals surface area contributed by atoms with Gasteiger partial charge in [-0.1, -0.05) is 0 Å². The van der Waals surface area contributed by atoms with Gasteiger partial charge in [-0.15, -0.1) is 0 Å². The van der Waals surface area contributed by atoms with Gasteiger partial charge in [-0.05, 0) is 20.8 Å².